The van der Waals surface area contributed by atoms with Crippen molar-refractivity contribution < 1.29 is 14.0 Å². The van der Waals surface area contributed by atoms with E-state index in [0.29, 0.717) is 47.3 Å². The lowest BCUT2D eigenvalue weighted by Crippen LogP contribution is -2.46. The van der Waals surface area contributed by atoms with Crippen LogP contribution < -0.4 is 5.32 Å². The van der Waals surface area contributed by atoms with Gasteiger partial charge in [-0.05, 0) is 43.2 Å². The van der Waals surface area contributed by atoms with E-state index < -0.39 is 0 Å². The number of hydrogen-bond acceptors (Lipinski definition) is 3. The number of halogens is 2. The first kappa shape index (κ1) is 16.9. The standard InChI is InChI=1S/C17H16Cl2N2O3/c18-13-4-3-11(10-14(13)19)17(23)21-7-5-12(6-8-21)20-16(22)15-2-1-9-24-15/h1-4,9-10,12H,5-8H2,(H,20,22). The number of furan rings is 1. The highest BCUT2D eigenvalue weighted by Gasteiger charge is 2.25. The van der Waals surface area contributed by atoms with Gasteiger partial charge in [-0.2, -0.15) is 0 Å². The van der Waals surface area contributed by atoms with Crippen molar-refractivity contribution >= 4 is 35.0 Å². The number of carbonyl (C=O) groups is 2. The molecular formula is C17H16Cl2N2O3. The molecule has 0 spiro atoms. The lowest BCUT2D eigenvalue weighted by atomic mass is 10.0. The Bertz CT molecular complexity index is 738. The van der Waals surface area contributed by atoms with Gasteiger partial charge in [-0.25, -0.2) is 0 Å². The predicted molar refractivity (Wildman–Crippen MR) is 91.6 cm³/mol. The largest absolute Gasteiger partial charge is 0.459 e. The van der Waals surface area contributed by atoms with E-state index in [9.17, 15) is 9.59 Å². The number of piperidine rings is 1. The Balaban J connectivity index is 1.55. The summed E-state index contributed by atoms with van der Waals surface area (Å²) >= 11 is 11.8. The molecular weight excluding hydrogens is 351 g/mol. The third kappa shape index (κ3) is 3.74. The Morgan fingerprint density at radius 2 is 1.88 bits per heavy atom. The van der Waals surface area contributed by atoms with E-state index in [0.717, 1.165) is 0 Å². The molecule has 0 atom stereocenters. The normalized spacial score (nSPS) is 15.3. The molecule has 2 amide bonds. The molecule has 1 saturated heterocycles. The molecule has 1 aliphatic rings. The fraction of sp³-hybridized carbons (Fsp3) is 0.294. The number of benzene rings is 1. The maximum Gasteiger partial charge on any atom is 0.287 e. The molecule has 1 aliphatic heterocycles. The number of nitrogens with one attached hydrogen (secondary N) is 1. The average molecular weight is 367 g/mol. The van der Waals surface area contributed by atoms with E-state index in [4.69, 9.17) is 27.6 Å². The maximum absolute atomic E-state index is 12.5. The zero-order valence-corrected chi connectivity index (χ0v) is 14.3. The van der Waals surface area contributed by atoms with Crippen LogP contribution in [0.4, 0.5) is 0 Å². The molecule has 1 fully saturated rings. The van der Waals surface area contributed by atoms with Crippen molar-refractivity contribution in [1.82, 2.24) is 10.2 Å². The molecule has 7 heteroatoms. The van der Waals surface area contributed by atoms with Crippen molar-refractivity contribution in [2.75, 3.05) is 13.1 Å². The number of likely N-dealkylation sites (tertiary alicyclic amines) is 1. The minimum Gasteiger partial charge on any atom is -0.459 e. The summed E-state index contributed by atoms with van der Waals surface area (Å²) < 4.78 is 5.07. The highest BCUT2D eigenvalue weighted by Crippen LogP contribution is 2.24. The van der Waals surface area contributed by atoms with Crippen LogP contribution >= 0.6 is 23.2 Å². The first-order chi connectivity index (χ1) is 11.5. The van der Waals surface area contributed by atoms with Crippen LogP contribution in [0.15, 0.2) is 41.0 Å². The Morgan fingerprint density at radius 1 is 1.12 bits per heavy atom. The fourth-order valence-electron chi connectivity index (χ4n) is 2.70. The van der Waals surface area contributed by atoms with Crippen LogP contribution in [0, 0.1) is 0 Å². The summed E-state index contributed by atoms with van der Waals surface area (Å²) in [5.41, 5.74) is 0.516. The molecule has 0 radical (unpaired) electrons. The Hall–Kier alpha value is -1.98. The molecule has 126 valence electrons. The van der Waals surface area contributed by atoms with E-state index in [-0.39, 0.29) is 17.9 Å². The summed E-state index contributed by atoms with van der Waals surface area (Å²) in [4.78, 5) is 26.2. The van der Waals surface area contributed by atoms with Gasteiger partial charge in [-0.3, -0.25) is 9.59 Å². The summed E-state index contributed by atoms with van der Waals surface area (Å²) in [7, 11) is 0. The molecule has 1 N–H and O–H groups in total. The summed E-state index contributed by atoms with van der Waals surface area (Å²) in [5, 5.41) is 3.72. The molecule has 2 heterocycles. The van der Waals surface area contributed by atoms with Gasteiger partial charge in [0.1, 0.15) is 0 Å². The van der Waals surface area contributed by atoms with E-state index in [1.807, 2.05) is 0 Å². The van der Waals surface area contributed by atoms with Gasteiger partial charge >= 0.3 is 0 Å². The van der Waals surface area contributed by atoms with Gasteiger partial charge < -0.3 is 14.6 Å². The number of hydrogen-bond donors (Lipinski definition) is 1. The zero-order valence-electron chi connectivity index (χ0n) is 12.8. The van der Waals surface area contributed by atoms with Crippen molar-refractivity contribution in [1.29, 1.82) is 0 Å². The highest BCUT2D eigenvalue weighted by molar-refractivity contribution is 6.42. The monoisotopic (exact) mass is 366 g/mol. The van der Waals surface area contributed by atoms with Crippen LogP contribution in [0.3, 0.4) is 0 Å². The number of amides is 2. The van der Waals surface area contributed by atoms with Crippen LogP contribution in [-0.4, -0.2) is 35.8 Å². The van der Waals surface area contributed by atoms with Crippen molar-refractivity contribution in [3.05, 3.63) is 58.0 Å². The number of rotatable bonds is 3. The molecule has 5 nitrogen and oxygen atoms in total. The molecule has 2 aromatic rings. The molecule has 0 unspecified atom stereocenters. The minimum absolute atomic E-state index is 0.0282. The molecule has 0 bridgehead atoms. The molecule has 3 rings (SSSR count). The quantitative estimate of drug-likeness (QED) is 0.901. The van der Waals surface area contributed by atoms with Crippen LogP contribution in [0.25, 0.3) is 0 Å². The molecule has 24 heavy (non-hydrogen) atoms. The third-order valence-corrected chi connectivity index (χ3v) is 4.77. The van der Waals surface area contributed by atoms with Crippen molar-refractivity contribution in [2.45, 2.75) is 18.9 Å². The van der Waals surface area contributed by atoms with E-state index in [1.165, 1.54) is 6.26 Å². The average Bonchev–Trinajstić information content (AvgIpc) is 3.12. The fourth-order valence-corrected chi connectivity index (χ4v) is 3.00. The van der Waals surface area contributed by atoms with Gasteiger partial charge in [0.05, 0.1) is 16.3 Å². The minimum atomic E-state index is -0.228. The van der Waals surface area contributed by atoms with Gasteiger partial charge in [0.25, 0.3) is 11.8 Å². The second-order valence-electron chi connectivity index (χ2n) is 5.65. The molecule has 0 aliphatic carbocycles. The van der Waals surface area contributed by atoms with Crippen molar-refractivity contribution in [2.24, 2.45) is 0 Å². The second-order valence-corrected chi connectivity index (χ2v) is 6.46. The lowest BCUT2D eigenvalue weighted by Gasteiger charge is -2.32. The van der Waals surface area contributed by atoms with E-state index >= 15 is 0 Å². The zero-order chi connectivity index (χ0) is 17.1. The summed E-state index contributed by atoms with van der Waals surface area (Å²) in [6, 6.07) is 8.19. The van der Waals surface area contributed by atoms with Crippen LogP contribution in [0.1, 0.15) is 33.8 Å². The lowest BCUT2D eigenvalue weighted by molar-refractivity contribution is 0.0695. The van der Waals surface area contributed by atoms with Crippen LogP contribution in [-0.2, 0) is 0 Å². The SMILES string of the molecule is O=C(NC1CCN(C(=O)c2ccc(Cl)c(Cl)c2)CC1)c1ccco1. The summed E-state index contributed by atoms with van der Waals surface area (Å²) in [5.74, 6) is -0.0112. The Morgan fingerprint density at radius 3 is 2.50 bits per heavy atom. The van der Waals surface area contributed by atoms with E-state index in [1.54, 1.807) is 35.2 Å². The topological polar surface area (TPSA) is 62.6 Å². The smallest absolute Gasteiger partial charge is 0.287 e. The molecule has 0 saturated carbocycles. The Kier molecular flexibility index (Phi) is 5.11. The van der Waals surface area contributed by atoms with Gasteiger partial charge in [0, 0.05) is 24.7 Å². The van der Waals surface area contributed by atoms with Gasteiger partial charge in [0.15, 0.2) is 5.76 Å². The van der Waals surface area contributed by atoms with Gasteiger partial charge in [0.2, 0.25) is 0 Å². The number of carbonyl (C=O) groups excluding carboxylic acids is 2. The van der Waals surface area contributed by atoms with Gasteiger partial charge in [-0.15, -0.1) is 0 Å². The molecule has 1 aromatic heterocycles. The first-order valence-electron chi connectivity index (χ1n) is 7.63. The Labute approximate surface area is 149 Å². The summed E-state index contributed by atoms with van der Waals surface area (Å²) in [6.07, 6.45) is 2.85. The third-order valence-electron chi connectivity index (χ3n) is 4.03. The highest BCUT2D eigenvalue weighted by atomic mass is 35.5. The van der Waals surface area contributed by atoms with Crippen LogP contribution in [0.2, 0.25) is 10.0 Å². The van der Waals surface area contributed by atoms with E-state index in [2.05, 4.69) is 5.32 Å². The van der Waals surface area contributed by atoms with Crippen molar-refractivity contribution in [3.63, 3.8) is 0 Å². The second kappa shape index (κ2) is 7.28. The summed E-state index contributed by atoms with van der Waals surface area (Å²) in [6.45, 7) is 1.14. The molecule has 1 aromatic carbocycles. The van der Waals surface area contributed by atoms with Crippen LogP contribution in [0.5, 0.6) is 0 Å². The maximum atomic E-state index is 12.5. The first-order valence-corrected chi connectivity index (χ1v) is 8.39. The van der Waals surface area contributed by atoms with Crippen molar-refractivity contribution in [3.8, 4) is 0 Å². The predicted octanol–water partition coefficient (Wildman–Crippen LogP) is 3.62. The number of nitrogens with zero attached hydrogens (tertiary/aromatic N) is 1. The van der Waals surface area contributed by atoms with Gasteiger partial charge in [-0.1, -0.05) is 23.2 Å².